The number of rotatable bonds is 4. The van der Waals surface area contributed by atoms with Gasteiger partial charge in [-0.25, -0.2) is 4.79 Å². The number of aromatic hydroxyl groups is 1. The molecule has 0 aliphatic carbocycles. The first-order valence-corrected chi connectivity index (χ1v) is 9.28. The Bertz CT molecular complexity index is 1140. The van der Waals surface area contributed by atoms with E-state index in [4.69, 9.17) is 19.9 Å². The Morgan fingerprint density at radius 3 is 2.72 bits per heavy atom. The monoisotopic (exact) mass is 391 g/mol. The van der Waals surface area contributed by atoms with Crippen molar-refractivity contribution in [2.45, 2.75) is 12.8 Å². The molecule has 1 aliphatic rings. The number of hydrogen-bond acceptors (Lipinski definition) is 6. The van der Waals surface area contributed by atoms with Crippen LogP contribution < -0.4 is 15.2 Å². The van der Waals surface area contributed by atoms with E-state index in [1.165, 1.54) is 13.2 Å². The van der Waals surface area contributed by atoms with E-state index in [2.05, 4.69) is 0 Å². The zero-order valence-corrected chi connectivity index (χ0v) is 16.1. The fraction of sp³-hybridized carbons (Fsp3) is 0.174. The van der Waals surface area contributed by atoms with Crippen LogP contribution in [0.2, 0.25) is 0 Å². The standard InChI is InChI=1S/C23H21NO5/c1-3-28-23(26)21-19(14-8-10-16(25)18(12-14)27-2)20-15-7-5-4-6-13(15)9-11-17(20)29-22(21)24/h4-12,19,25H,3,24H2,1-2H3/t19-/m0/s1. The number of phenolic OH excluding ortho intramolecular Hbond substituents is 1. The van der Waals surface area contributed by atoms with Gasteiger partial charge >= 0.3 is 5.97 Å². The smallest absolute Gasteiger partial charge is 0.340 e. The molecule has 29 heavy (non-hydrogen) atoms. The Balaban J connectivity index is 2.02. The predicted octanol–water partition coefficient (Wildman–Crippen LogP) is 3.81. The van der Waals surface area contributed by atoms with Crippen LogP contribution in [0.4, 0.5) is 0 Å². The summed E-state index contributed by atoms with van der Waals surface area (Å²) in [6, 6.07) is 16.6. The molecule has 6 nitrogen and oxygen atoms in total. The Hall–Kier alpha value is -3.67. The van der Waals surface area contributed by atoms with Crippen molar-refractivity contribution in [2.75, 3.05) is 13.7 Å². The average molecular weight is 391 g/mol. The third kappa shape index (κ3) is 3.12. The highest BCUT2D eigenvalue weighted by Crippen LogP contribution is 2.47. The van der Waals surface area contributed by atoms with Crippen LogP contribution in [0.3, 0.4) is 0 Å². The van der Waals surface area contributed by atoms with Crippen molar-refractivity contribution in [3.8, 4) is 17.2 Å². The number of phenols is 1. The normalized spacial score (nSPS) is 15.6. The molecule has 6 heteroatoms. The quantitative estimate of drug-likeness (QED) is 0.657. The second-order valence-electron chi connectivity index (χ2n) is 6.66. The molecule has 148 valence electrons. The number of hydrogen-bond donors (Lipinski definition) is 2. The third-order valence-electron chi connectivity index (χ3n) is 5.03. The molecule has 0 saturated carbocycles. The molecule has 3 aromatic carbocycles. The van der Waals surface area contributed by atoms with E-state index in [0.29, 0.717) is 11.5 Å². The van der Waals surface area contributed by atoms with E-state index >= 15 is 0 Å². The van der Waals surface area contributed by atoms with Crippen LogP contribution in [0.1, 0.15) is 24.0 Å². The van der Waals surface area contributed by atoms with E-state index in [1.807, 2.05) is 36.4 Å². The van der Waals surface area contributed by atoms with E-state index in [9.17, 15) is 9.90 Å². The maximum atomic E-state index is 12.8. The Morgan fingerprint density at radius 1 is 1.17 bits per heavy atom. The minimum absolute atomic E-state index is 0.00303. The number of fused-ring (bicyclic) bond motifs is 3. The lowest BCUT2D eigenvalue weighted by Gasteiger charge is -2.30. The molecule has 0 fully saturated rings. The van der Waals surface area contributed by atoms with Crippen molar-refractivity contribution in [3.05, 3.63) is 77.2 Å². The van der Waals surface area contributed by atoms with Gasteiger partial charge in [0.2, 0.25) is 5.88 Å². The number of esters is 1. The van der Waals surface area contributed by atoms with E-state index in [0.717, 1.165) is 21.9 Å². The summed E-state index contributed by atoms with van der Waals surface area (Å²) in [7, 11) is 1.47. The lowest BCUT2D eigenvalue weighted by Crippen LogP contribution is -2.27. The van der Waals surface area contributed by atoms with Gasteiger partial charge in [0.1, 0.15) is 11.3 Å². The first-order valence-electron chi connectivity index (χ1n) is 9.28. The minimum Gasteiger partial charge on any atom is -0.504 e. The van der Waals surface area contributed by atoms with Gasteiger partial charge in [-0.1, -0.05) is 36.4 Å². The third-order valence-corrected chi connectivity index (χ3v) is 5.03. The molecule has 0 amide bonds. The first-order chi connectivity index (χ1) is 14.0. The minimum atomic E-state index is -0.543. The molecule has 1 atom stereocenters. The van der Waals surface area contributed by atoms with Gasteiger partial charge in [-0.3, -0.25) is 0 Å². The van der Waals surface area contributed by atoms with Gasteiger partial charge < -0.3 is 25.1 Å². The molecule has 0 aromatic heterocycles. The van der Waals surface area contributed by atoms with Crippen molar-refractivity contribution < 1.29 is 24.1 Å². The highest BCUT2D eigenvalue weighted by Gasteiger charge is 2.37. The summed E-state index contributed by atoms with van der Waals surface area (Å²) >= 11 is 0. The van der Waals surface area contributed by atoms with Crippen molar-refractivity contribution in [1.29, 1.82) is 0 Å². The lowest BCUT2D eigenvalue weighted by molar-refractivity contribution is -0.139. The van der Waals surface area contributed by atoms with Crippen LogP contribution in [0.5, 0.6) is 17.2 Å². The fourth-order valence-corrected chi connectivity index (χ4v) is 3.76. The van der Waals surface area contributed by atoms with Crippen molar-refractivity contribution in [2.24, 2.45) is 5.73 Å². The van der Waals surface area contributed by atoms with Gasteiger partial charge in [0.25, 0.3) is 0 Å². The summed E-state index contributed by atoms with van der Waals surface area (Å²) in [6.07, 6.45) is 0. The zero-order chi connectivity index (χ0) is 20.5. The van der Waals surface area contributed by atoms with Crippen LogP contribution in [0.15, 0.2) is 66.1 Å². The highest BCUT2D eigenvalue weighted by molar-refractivity contribution is 5.97. The van der Waals surface area contributed by atoms with Crippen molar-refractivity contribution >= 4 is 16.7 Å². The number of ether oxygens (including phenoxy) is 3. The van der Waals surface area contributed by atoms with E-state index < -0.39 is 11.9 Å². The lowest BCUT2D eigenvalue weighted by atomic mass is 9.80. The average Bonchev–Trinajstić information content (AvgIpc) is 2.73. The molecule has 0 radical (unpaired) electrons. The molecule has 0 bridgehead atoms. The van der Waals surface area contributed by atoms with E-state index in [1.54, 1.807) is 19.1 Å². The van der Waals surface area contributed by atoms with Crippen LogP contribution in [0, 0.1) is 0 Å². The van der Waals surface area contributed by atoms with Crippen LogP contribution in [-0.2, 0) is 9.53 Å². The topological polar surface area (TPSA) is 91.0 Å². The molecule has 0 saturated heterocycles. The molecule has 4 rings (SSSR count). The molecular formula is C23H21NO5. The number of benzene rings is 3. The predicted molar refractivity (Wildman–Crippen MR) is 109 cm³/mol. The molecule has 1 aliphatic heterocycles. The summed E-state index contributed by atoms with van der Waals surface area (Å²) in [5, 5.41) is 12.0. The van der Waals surface area contributed by atoms with Crippen molar-refractivity contribution in [1.82, 2.24) is 0 Å². The van der Waals surface area contributed by atoms with Gasteiger partial charge in [-0.2, -0.15) is 0 Å². The summed E-state index contributed by atoms with van der Waals surface area (Å²) in [5.74, 6) is -0.192. The van der Waals surface area contributed by atoms with Gasteiger partial charge in [0.15, 0.2) is 11.5 Å². The van der Waals surface area contributed by atoms with Crippen molar-refractivity contribution in [3.63, 3.8) is 0 Å². The first kappa shape index (κ1) is 18.7. The summed E-state index contributed by atoms with van der Waals surface area (Å²) in [4.78, 5) is 12.8. The highest BCUT2D eigenvalue weighted by atomic mass is 16.5. The van der Waals surface area contributed by atoms with Crippen LogP contribution in [0.25, 0.3) is 10.8 Å². The summed E-state index contributed by atoms with van der Waals surface area (Å²) in [5.41, 5.74) is 7.94. The molecule has 3 N–H and O–H groups in total. The van der Waals surface area contributed by atoms with Crippen LogP contribution >= 0.6 is 0 Å². The van der Waals surface area contributed by atoms with Crippen LogP contribution in [-0.4, -0.2) is 24.8 Å². The van der Waals surface area contributed by atoms with E-state index in [-0.39, 0.29) is 23.8 Å². The maximum Gasteiger partial charge on any atom is 0.340 e. The molecule has 3 aromatic rings. The molecule has 1 heterocycles. The second kappa shape index (κ2) is 7.39. The fourth-order valence-electron chi connectivity index (χ4n) is 3.76. The van der Waals surface area contributed by atoms with Gasteiger partial charge in [-0.05, 0) is 41.5 Å². The Kier molecular flexibility index (Phi) is 4.76. The number of nitrogens with two attached hydrogens (primary N) is 1. The number of carbonyl (C=O) groups excluding carboxylic acids is 1. The summed E-state index contributed by atoms with van der Waals surface area (Å²) < 4.78 is 16.4. The second-order valence-corrected chi connectivity index (χ2v) is 6.66. The maximum absolute atomic E-state index is 12.8. The number of carbonyl (C=O) groups is 1. The summed E-state index contributed by atoms with van der Waals surface area (Å²) in [6.45, 7) is 1.95. The largest absolute Gasteiger partial charge is 0.504 e. The zero-order valence-electron chi connectivity index (χ0n) is 16.1. The Morgan fingerprint density at radius 2 is 1.97 bits per heavy atom. The van der Waals surface area contributed by atoms with Gasteiger partial charge in [0.05, 0.1) is 19.6 Å². The van der Waals surface area contributed by atoms with Gasteiger partial charge in [-0.15, -0.1) is 0 Å². The SMILES string of the molecule is CCOC(=O)C1=C(N)Oc2ccc3ccccc3c2[C@@H]1c1ccc(O)c(OC)c1. The number of methoxy groups -OCH3 is 1. The van der Waals surface area contributed by atoms with Gasteiger partial charge in [0, 0.05) is 5.56 Å². The molecular weight excluding hydrogens is 370 g/mol. The molecule has 0 spiro atoms. The Labute approximate surface area is 168 Å². The molecule has 0 unspecified atom stereocenters.